The number of hydrogen-bond acceptors (Lipinski definition) is 9. The third-order valence-electron chi connectivity index (χ3n) is 4.67. The molecule has 0 aliphatic carbocycles. The maximum atomic E-state index is 12.4. The molecule has 3 aromatic rings. The highest BCUT2D eigenvalue weighted by atomic mass is 35.5. The first-order chi connectivity index (χ1) is 15.7. The summed E-state index contributed by atoms with van der Waals surface area (Å²) in [5, 5.41) is 7.16. The Kier molecular flexibility index (Phi) is 7.46. The van der Waals surface area contributed by atoms with Crippen molar-refractivity contribution in [2.75, 3.05) is 45.3 Å². The minimum atomic E-state index is -2.44. The molecule has 0 fully saturated rings. The molecule has 11 heteroatoms. The van der Waals surface area contributed by atoms with E-state index in [0.717, 1.165) is 0 Å². The summed E-state index contributed by atoms with van der Waals surface area (Å²) in [4.78, 5) is 20.4. The highest BCUT2D eigenvalue weighted by Gasteiger charge is 2.16. The predicted octanol–water partition coefficient (Wildman–Crippen LogP) is 4.67. The van der Waals surface area contributed by atoms with Crippen LogP contribution in [-0.2, 0) is 9.30 Å². The number of benzene rings is 2. The van der Waals surface area contributed by atoms with Crippen LogP contribution in [0.15, 0.2) is 42.6 Å². The van der Waals surface area contributed by atoms with Gasteiger partial charge in [0.25, 0.3) is 0 Å². The molecule has 1 aromatic heterocycles. The van der Waals surface area contributed by atoms with Gasteiger partial charge in [-0.05, 0) is 49.7 Å². The molecule has 0 spiro atoms. The van der Waals surface area contributed by atoms with E-state index in [2.05, 4.69) is 20.6 Å². The second kappa shape index (κ2) is 10.1. The summed E-state index contributed by atoms with van der Waals surface area (Å²) < 4.78 is 27.9. The Morgan fingerprint density at radius 3 is 2.24 bits per heavy atom. The van der Waals surface area contributed by atoms with Gasteiger partial charge in [0.15, 0.2) is 5.82 Å². The number of carbonyl (C=O) groups excluding carboxylic acids is 1. The molecule has 0 aliphatic heterocycles. The van der Waals surface area contributed by atoms with Crippen molar-refractivity contribution in [3.05, 3.63) is 53.2 Å². The van der Waals surface area contributed by atoms with Gasteiger partial charge in [-0.25, -0.2) is 9.78 Å². The molecule has 3 rings (SSSR count). The number of esters is 1. The van der Waals surface area contributed by atoms with Gasteiger partial charge in [0.2, 0.25) is 5.95 Å². The number of rotatable bonds is 8. The number of aromatic nitrogens is 2. The average Bonchev–Trinajstić information content (AvgIpc) is 2.80. The monoisotopic (exact) mass is 490 g/mol. The quantitative estimate of drug-likeness (QED) is 0.343. The molecule has 0 bridgehead atoms. The standard InChI is InChI=1S/C22H24ClN4O5P/c1-30-18-10-13(21(28)32-3)6-8-16(18)25-20-15(23)12-24-22(27-20)26-17-9-7-14(33(4,5)29)11-19(17)31-2/h6-12H,1-5H3,(H2,24,25,26,27). The Bertz CT molecular complexity index is 1230. The molecule has 174 valence electrons. The third-order valence-corrected chi connectivity index (χ3v) is 6.47. The smallest absolute Gasteiger partial charge is 0.337 e. The zero-order chi connectivity index (χ0) is 24.2. The maximum Gasteiger partial charge on any atom is 0.337 e. The zero-order valence-corrected chi connectivity index (χ0v) is 20.5. The van der Waals surface area contributed by atoms with Crippen molar-refractivity contribution in [1.82, 2.24) is 9.97 Å². The molecule has 2 N–H and O–H groups in total. The summed E-state index contributed by atoms with van der Waals surface area (Å²) >= 11 is 6.29. The van der Waals surface area contributed by atoms with E-state index in [-0.39, 0.29) is 11.0 Å². The van der Waals surface area contributed by atoms with E-state index >= 15 is 0 Å². The molecular weight excluding hydrogens is 467 g/mol. The molecule has 9 nitrogen and oxygen atoms in total. The maximum absolute atomic E-state index is 12.4. The topological polar surface area (TPSA) is 112 Å². The highest BCUT2D eigenvalue weighted by molar-refractivity contribution is 7.70. The number of nitrogens with zero attached hydrogens (tertiary/aromatic N) is 2. The van der Waals surface area contributed by atoms with Gasteiger partial charge in [-0.3, -0.25) is 0 Å². The Balaban J connectivity index is 1.89. The molecular formula is C22H24ClN4O5P. The fraction of sp³-hybridized carbons (Fsp3) is 0.227. The second-order valence-electron chi connectivity index (χ2n) is 7.28. The molecule has 0 saturated heterocycles. The van der Waals surface area contributed by atoms with Crippen LogP contribution in [0.4, 0.5) is 23.1 Å². The first-order valence-electron chi connectivity index (χ1n) is 9.72. The summed E-state index contributed by atoms with van der Waals surface area (Å²) in [7, 11) is 1.88. The van der Waals surface area contributed by atoms with Gasteiger partial charge in [0.1, 0.15) is 23.7 Å². The van der Waals surface area contributed by atoms with E-state index in [9.17, 15) is 9.36 Å². The van der Waals surface area contributed by atoms with Crippen molar-refractivity contribution in [2.45, 2.75) is 0 Å². The highest BCUT2D eigenvalue weighted by Crippen LogP contribution is 2.38. The summed E-state index contributed by atoms with van der Waals surface area (Å²) in [6.07, 6.45) is 1.45. The van der Waals surface area contributed by atoms with Crippen molar-refractivity contribution < 1.29 is 23.6 Å². The molecule has 0 atom stereocenters. The van der Waals surface area contributed by atoms with E-state index in [0.29, 0.717) is 39.6 Å². The van der Waals surface area contributed by atoms with Crippen LogP contribution in [0.3, 0.4) is 0 Å². The van der Waals surface area contributed by atoms with Gasteiger partial charge in [-0.1, -0.05) is 11.6 Å². The lowest BCUT2D eigenvalue weighted by molar-refractivity contribution is 0.0600. The minimum Gasteiger partial charge on any atom is -0.495 e. The first-order valence-corrected chi connectivity index (χ1v) is 12.7. The van der Waals surface area contributed by atoms with E-state index in [1.54, 1.807) is 49.7 Å². The molecule has 0 aliphatic rings. The lowest BCUT2D eigenvalue weighted by atomic mass is 10.2. The van der Waals surface area contributed by atoms with Crippen LogP contribution >= 0.6 is 18.7 Å². The molecule has 0 radical (unpaired) electrons. The lowest BCUT2D eigenvalue weighted by Gasteiger charge is -2.15. The number of hydrogen-bond donors (Lipinski definition) is 2. The van der Waals surface area contributed by atoms with Crippen LogP contribution in [0.1, 0.15) is 10.4 Å². The Labute approximate surface area is 196 Å². The molecule has 33 heavy (non-hydrogen) atoms. The van der Waals surface area contributed by atoms with Crippen molar-refractivity contribution in [2.24, 2.45) is 0 Å². The Morgan fingerprint density at radius 1 is 0.970 bits per heavy atom. The minimum absolute atomic E-state index is 0.259. The van der Waals surface area contributed by atoms with E-state index in [1.165, 1.54) is 27.5 Å². The van der Waals surface area contributed by atoms with Gasteiger partial charge in [0.05, 0.1) is 44.5 Å². The SMILES string of the molecule is COC(=O)c1ccc(Nc2nc(Nc3ccc(P(C)(C)=O)cc3OC)ncc2Cl)c(OC)c1. The molecule has 0 saturated carbocycles. The third kappa shape index (κ3) is 5.74. The van der Waals surface area contributed by atoms with E-state index < -0.39 is 13.1 Å². The number of ether oxygens (including phenoxy) is 3. The zero-order valence-electron chi connectivity index (χ0n) is 18.8. The fourth-order valence-corrected chi connectivity index (χ4v) is 3.92. The van der Waals surface area contributed by atoms with Crippen molar-refractivity contribution in [1.29, 1.82) is 0 Å². The van der Waals surface area contributed by atoms with Gasteiger partial charge in [-0.15, -0.1) is 0 Å². The summed E-state index contributed by atoms with van der Waals surface area (Å²) in [6.45, 7) is 3.39. The van der Waals surface area contributed by atoms with Gasteiger partial charge < -0.3 is 29.4 Å². The first kappa shape index (κ1) is 24.4. The Morgan fingerprint density at radius 2 is 1.61 bits per heavy atom. The second-order valence-corrected chi connectivity index (χ2v) is 10.9. The summed E-state index contributed by atoms with van der Waals surface area (Å²) in [6, 6.07) is 10.1. The number of halogens is 1. The number of carbonyl (C=O) groups is 1. The predicted molar refractivity (Wildman–Crippen MR) is 130 cm³/mol. The van der Waals surface area contributed by atoms with Gasteiger partial charge in [0, 0.05) is 5.30 Å². The van der Waals surface area contributed by atoms with Gasteiger partial charge in [-0.2, -0.15) is 4.98 Å². The average molecular weight is 491 g/mol. The molecule has 0 amide bonds. The van der Waals surface area contributed by atoms with E-state index in [4.69, 9.17) is 25.8 Å². The van der Waals surface area contributed by atoms with Crippen LogP contribution < -0.4 is 25.4 Å². The molecule has 1 heterocycles. The summed E-state index contributed by atoms with van der Waals surface area (Å²) in [5.41, 5.74) is 1.48. The van der Waals surface area contributed by atoms with E-state index in [1.807, 2.05) is 0 Å². The largest absolute Gasteiger partial charge is 0.495 e. The van der Waals surface area contributed by atoms with Crippen molar-refractivity contribution in [3.8, 4) is 11.5 Å². The van der Waals surface area contributed by atoms with Crippen LogP contribution in [0.2, 0.25) is 5.02 Å². The van der Waals surface area contributed by atoms with Crippen LogP contribution in [-0.4, -0.2) is 50.6 Å². The van der Waals surface area contributed by atoms with Crippen molar-refractivity contribution in [3.63, 3.8) is 0 Å². The summed E-state index contributed by atoms with van der Waals surface area (Å²) in [5.74, 6) is 1.01. The number of anilines is 4. The Hall–Kier alpha value is -3.29. The normalized spacial score (nSPS) is 11.0. The van der Waals surface area contributed by atoms with Crippen molar-refractivity contribution >= 4 is 53.2 Å². The van der Waals surface area contributed by atoms with Crippen LogP contribution in [0, 0.1) is 0 Å². The fourth-order valence-electron chi connectivity index (χ4n) is 2.92. The molecule has 0 unspecified atom stereocenters. The molecule has 2 aromatic carbocycles. The number of methoxy groups -OCH3 is 3. The van der Waals surface area contributed by atoms with Crippen LogP contribution in [0.5, 0.6) is 11.5 Å². The van der Waals surface area contributed by atoms with Gasteiger partial charge >= 0.3 is 5.97 Å². The number of nitrogens with one attached hydrogen (secondary N) is 2. The van der Waals surface area contributed by atoms with Crippen LogP contribution in [0.25, 0.3) is 0 Å². The lowest BCUT2D eigenvalue weighted by Crippen LogP contribution is -2.07.